The van der Waals surface area contributed by atoms with Crippen LogP contribution in [0.1, 0.15) is 36.4 Å². The second-order valence-electron chi connectivity index (χ2n) is 7.18. The summed E-state index contributed by atoms with van der Waals surface area (Å²) < 4.78 is 5.86. The summed E-state index contributed by atoms with van der Waals surface area (Å²) in [5.41, 5.74) is 3.80. The number of hydrogen-bond acceptors (Lipinski definition) is 3. The molecule has 2 aromatic carbocycles. The third-order valence-corrected chi connectivity index (χ3v) is 6.43. The number of allylic oxidation sites excluding steroid dienone is 1. The van der Waals surface area contributed by atoms with E-state index in [1.165, 1.54) is 0 Å². The van der Waals surface area contributed by atoms with Gasteiger partial charge in [0.2, 0.25) is 0 Å². The first-order valence-corrected chi connectivity index (χ1v) is 10.6. The molecule has 29 heavy (non-hydrogen) atoms. The average molecular weight is 447 g/mol. The number of halogens is 2. The number of rotatable bonds is 4. The summed E-state index contributed by atoms with van der Waals surface area (Å²) in [6.07, 6.45) is 2.34. The van der Waals surface area contributed by atoms with Crippen molar-refractivity contribution in [2.75, 3.05) is 7.05 Å². The van der Waals surface area contributed by atoms with E-state index in [4.69, 9.17) is 40.2 Å². The fraction of sp³-hybridized carbons (Fsp3) is 0.273. The summed E-state index contributed by atoms with van der Waals surface area (Å²) in [4.78, 5) is 14.6. The number of ether oxygens (including phenoxy) is 1. The van der Waals surface area contributed by atoms with Gasteiger partial charge in [-0.1, -0.05) is 41.4 Å². The highest BCUT2D eigenvalue weighted by Crippen LogP contribution is 2.37. The molecule has 7 heteroatoms. The van der Waals surface area contributed by atoms with Crippen molar-refractivity contribution in [2.24, 2.45) is 0 Å². The average Bonchev–Trinajstić information content (AvgIpc) is 2.72. The van der Waals surface area contributed by atoms with E-state index in [1.807, 2.05) is 42.3 Å². The van der Waals surface area contributed by atoms with Crippen LogP contribution in [0.15, 0.2) is 53.7 Å². The summed E-state index contributed by atoms with van der Waals surface area (Å²) in [6.45, 7) is 0.389. The predicted octanol–water partition coefficient (Wildman–Crippen LogP) is 5.44. The molecule has 1 aliphatic heterocycles. The molecule has 2 aromatic rings. The zero-order valence-corrected chi connectivity index (χ0v) is 18.2. The molecule has 1 N–H and O–H groups in total. The van der Waals surface area contributed by atoms with Crippen LogP contribution in [-0.4, -0.2) is 22.8 Å². The van der Waals surface area contributed by atoms with Gasteiger partial charge in [0.1, 0.15) is 12.4 Å². The molecule has 1 aliphatic carbocycles. The van der Waals surface area contributed by atoms with Crippen LogP contribution in [0.25, 0.3) is 0 Å². The molecule has 150 valence electrons. The van der Waals surface area contributed by atoms with E-state index in [1.54, 1.807) is 12.1 Å². The summed E-state index contributed by atoms with van der Waals surface area (Å²) in [5.74, 6) is 0.928. The number of ketones is 1. The van der Waals surface area contributed by atoms with E-state index in [2.05, 4.69) is 5.32 Å². The third-order valence-electron chi connectivity index (χ3n) is 5.30. The second-order valence-corrected chi connectivity index (χ2v) is 8.39. The topological polar surface area (TPSA) is 41.6 Å². The Labute approximate surface area is 185 Å². The normalized spacial score (nSPS) is 19.1. The van der Waals surface area contributed by atoms with Crippen LogP contribution in [0.5, 0.6) is 5.75 Å². The van der Waals surface area contributed by atoms with E-state index in [-0.39, 0.29) is 11.8 Å². The van der Waals surface area contributed by atoms with Crippen LogP contribution < -0.4 is 10.1 Å². The Morgan fingerprint density at radius 1 is 1.14 bits per heavy atom. The Hall–Kier alpha value is -2.08. The molecule has 4 nitrogen and oxygen atoms in total. The first kappa shape index (κ1) is 20.2. The molecular formula is C22H20Cl2N2O2S. The van der Waals surface area contributed by atoms with Gasteiger partial charge in [0.05, 0.1) is 16.1 Å². The Morgan fingerprint density at radius 3 is 2.62 bits per heavy atom. The van der Waals surface area contributed by atoms with Gasteiger partial charge in [0.15, 0.2) is 10.9 Å². The Kier molecular flexibility index (Phi) is 5.81. The van der Waals surface area contributed by atoms with E-state index in [0.717, 1.165) is 41.0 Å². The maximum atomic E-state index is 12.6. The molecule has 0 aromatic heterocycles. The van der Waals surface area contributed by atoms with Crippen molar-refractivity contribution in [2.45, 2.75) is 31.9 Å². The van der Waals surface area contributed by atoms with E-state index < -0.39 is 0 Å². The molecular weight excluding hydrogens is 427 g/mol. The molecule has 1 unspecified atom stereocenters. The molecule has 0 fully saturated rings. The molecule has 2 aliphatic rings. The van der Waals surface area contributed by atoms with Crippen LogP contribution >= 0.6 is 35.4 Å². The maximum Gasteiger partial charge on any atom is 0.173 e. The van der Waals surface area contributed by atoms with Crippen LogP contribution in [-0.2, 0) is 11.4 Å². The van der Waals surface area contributed by atoms with Gasteiger partial charge in [-0.2, -0.15) is 0 Å². The Morgan fingerprint density at radius 2 is 1.90 bits per heavy atom. The standard InChI is InChI=1S/C22H20Cl2N2O2S/c1-26-18-3-2-4-19(27)20(18)21(25-22(26)29)14-6-8-15(9-7-14)28-12-13-5-10-16(23)17(24)11-13/h5-11,21H,2-4,12H2,1H3,(H,25,29). The first-order valence-electron chi connectivity index (χ1n) is 9.41. The van der Waals surface area contributed by atoms with Crippen LogP contribution in [0, 0.1) is 0 Å². The van der Waals surface area contributed by atoms with Gasteiger partial charge in [-0.25, -0.2) is 0 Å². The van der Waals surface area contributed by atoms with Gasteiger partial charge in [-0.15, -0.1) is 0 Å². The lowest BCUT2D eigenvalue weighted by atomic mass is 9.85. The number of benzene rings is 2. The van der Waals surface area contributed by atoms with Gasteiger partial charge in [0, 0.05) is 24.7 Å². The quantitative estimate of drug-likeness (QED) is 0.633. The number of carbonyl (C=O) groups excluding carboxylic acids is 1. The van der Waals surface area contributed by atoms with Crippen LogP contribution in [0.4, 0.5) is 0 Å². The zero-order valence-electron chi connectivity index (χ0n) is 15.9. The van der Waals surface area contributed by atoms with Crippen molar-refractivity contribution in [3.63, 3.8) is 0 Å². The van der Waals surface area contributed by atoms with Gasteiger partial charge in [0.25, 0.3) is 0 Å². The van der Waals surface area contributed by atoms with E-state index >= 15 is 0 Å². The minimum Gasteiger partial charge on any atom is -0.489 e. The Balaban J connectivity index is 1.52. The molecule has 0 bridgehead atoms. The van der Waals surface area contributed by atoms with Gasteiger partial charge >= 0.3 is 0 Å². The lowest BCUT2D eigenvalue weighted by molar-refractivity contribution is -0.116. The smallest absolute Gasteiger partial charge is 0.173 e. The Bertz CT molecular complexity index is 1000. The number of carbonyl (C=O) groups is 1. The van der Waals surface area contributed by atoms with Crippen molar-refractivity contribution in [3.8, 4) is 5.75 Å². The fourth-order valence-corrected chi connectivity index (χ4v) is 4.29. The molecule has 0 saturated carbocycles. The summed E-state index contributed by atoms with van der Waals surface area (Å²) >= 11 is 17.5. The molecule has 0 radical (unpaired) electrons. The molecule has 0 amide bonds. The number of hydrogen-bond donors (Lipinski definition) is 1. The SMILES string of the molecule is CN1C(=S)NC(c2ccc(OCc3ccc(Cl)c(Cl)c3)cc2)C2=C1CCCC2=O. The highest BCUT2D eigenvalue weighted by atomic mass is 35.5. The van der Waals surface area contributed by atoms with E-state index in [9.17, 15) is 4.79 Å². The van der Waals surface area contributed by atoms with Crippen LogP contribution in [0.2, 0.25) is 10.0 Å². The minimum absolute atomic E-state index is 0.193. The molecule has 0 spiro atoms. The molecule has 0 saturated heterocycles. The lowest BCUT2D eigenvalue weighted by Gasteiger charge is -2.39. The van der Waals surface area contributed by atoms with Crippen molar-refractivity contribution < 1.29 is 9.53 Å². The van der Waals surface area contributed by atoms with Crippen LogP contribution in [0.3, 0.4) is 0 Å². The number of nitrogens with zero attached hydrogens (tertiary/aromatic N) is 1. The van der Waals surface area contributed by atoms with Crippen molar-refractivity contribution >= 4 is 46.3 Å². The maximum absolute atomic E-state index is 12.6. The highest BCUT2D eigenvalue weighted by molar-refractivity contribution is 7.80. The van der Waals surface area contributed by atoms with Gasteiger partial charge in [-0.05, 0) is 60.5 Å². The monoisotopic (exact) mass is 446 g/mol. The molecule has 4 rings (SSSR count). The summed E-state index contributed by atoms with van der Waals surface area (Å²) in [5, 5.41) is 4.98. The lowest BCUT2D eigenvalue weighted by Crippen LogP contribution is -2.47. The zero-order chi connectivity index (χ0) is 20.5. The van der Waals surface area contributed by atoms with E-state index in [0.29, 0.717) is 28.2 Å². The second kappa shape index (κ2) is 8.34. The summed E-state index contributed by atoms with van der Waals surface area (Å²) in [6, 6.07) is 13.0. The largest absolute Gasteiger partial charge is 0.489 e. The van der Waals surface area contributed by atoms with Crippen molar-refractivity contribution in [1.29, 1.82) is 0 Å². The predicted molar refractivity (Wildman–Crippen MR) is 119 cm³/mol. The summed E-state index contributed by atoms with van der Waals surface area (Å²) in [7, 11) is 1.92. The number of thiocarbonyl (C=S) groups is 1. The van der Waals surface area contributed by atoms with Gasteiger partial charge in [-0.3, -0.25) is 4.79 Å². The minimum atomic E-state index is -0.217. The van der Waals surface area contributed by atoms with Crippen molar-refractivity contribution in [1.82, 2.24) is 10.2 Å². The fourth-order valence-electron chi connectivity index (χ4n) is 3.74. The molecule has 1 atom stereocenters. The third kappa shape index (κ3) is 4.13. The number of Topliss-reactive ketones (excluding diaryl/α,β-unsaturated/α-hetero) is 1. The highest BCUT2D eigenvalue weighted by Gasteiger charge is 2.35. The number of nitrogens with one attached hydrogen (secondary N) is 1. The van der Waals surface area contributed by atoms with Crippen molar-refractivity contribution in [3.05, 3.63) is 74.9 Å². The van der Waals surface area contributed by atoms with Gasteiger partial charge < -0.3 is 15.0 Å². The first-order chi connectivity index (χ1) is 13.9. The molecule has 1 heterocycles.